The molecule has 3 rings (SSSR count). The van der Waals surface area contributed by atoms with Crippen LogP contribution in [0.25, 0.3) is 0 Å². The summed E-state index contributed by atoms with van der Waals surface area (Å²) in [6, 6.07) is 8.30. The molecule has 2 amide bonds. The van der Waals surface area contributed by atoms with E-state index in [0.717, 1.165) is 43.3 Å². The van der Waals surface area contributed by atoms with E-state index in [1.807, 2.05) is 43.0 Å². The smallest absolute Gasteiger partial charge is 0.254 e. The molecule has 1 aliphatic carbocycles. The maximum atomic E-state index is 13.0. The summed E-state index contributed by atoms with van der Waals surface area (Å²) in [4.78, 5) is 27.8. The van der Waals surface area contributed by atoms with Gasteiger partial charge in [-0.15, -0.1) is 11.8 Å². The molecular weight excluding hydrogens is 358 g/mol. The van der Waals surface area contributed by atoms with E-state index in [9.17, 15) is 9.59 Å². The van der Waals surface area contributed by atoms with Crippen LogP contribution in [-0.4, -0.2) is 54.2 Å². The zero-order chi connectivity index (χ0) is 19.2. The molecule has 0 spiro atoms. The Kier molecular flexibility index (Phi) is 7.19. The summed E-state index contributed by atoms with van der Waals surface area (Å²) < 4.78 is 0. The predicted molar refractivity (Wildman–Crippen MR) is 110 cm³/mol. The van der Waals surface area contributed by atoms with Crippen LogP contribution in [0.3, 0.4) is 0 Å². The molecule has 5 nitrogen and oxygen atoms in total. The largest absolute Gasteiger partial charge is 0.353 e. The van der Waals surface area contributed by atoms with Gasteiger partial charge in [0.05, 0.1) is 11.3 Å². The second-order valence-corrected chi connectivity index (χ2v) is 8.94. The van der Waals surface area contributed by atoms with Gasteiger partial charge in [0, 0.05) is 30.1 Å². The first-order chi connectivity index (χ1) is 13.0. The molecule has 27 heavy (non-hydrogen) atoms. The van der Waals surface area contributed by atoms with Gasteiger partial charge >= 0.3 is 0 Å². The number of nitrogens with zero attached hydrogens (tertiary/aromatic N) is 1. The molecule has 0 radical (unpaired) electrons. The summed E-state index contributed by atoms with van der Waals surface area (Å²) in [6.45, 7) is 6.63. The third-order valence-corrected chi connectivity index (χ3v) is 6.17. The second-order valence-electron chi connectivity index (χ2n) is 7.93. The van der Waals surface area contributed by atoms with Gasteiger partial charge in [0.1, 0.15) is 0 Å². The lowest BCUT2D eigenvalue weighted by molar-refractivity contribution is -0.119. The van der Waals surface area contributed by atoms with Gasteiger partial charge in [0.2, 0.25) is 5.91 Å². The predicted octanol–water partition coefficient (Wildman–Crippen LogP) is 2.91. The summed E-state index contributed by atoms with van der Waals surface area (Å²) in [5.74, 6) is 1.31. The van der Waals surface area contributed by atoms with Crippen molar-refractivity contribution in [3.63, 3.8) is 0 Å². The number of carbonyl (C=O) groups excluding carboxylic acids is 2. The highest BCUT2D eigenvalue weighted by Gasteiger charge is 2.27. The maximum absolute atomic E-state index is 13.0. The highest BCUT2D eigenvalue weighted by atomic mass is 32.2. The molecule has 1 aliphatic heterocycles. The molecule has 0 atom stereocenters. The van der Waals surface area contributed by atoms with Crippen molar-refractivity contribution in [2.24, 2.45) is 5.92 Å². The number of benzene rings is 1. The lowest BCUT2D eigenvalue weighted by Crippen LogP contribution is -2.45. The van der Waals surface area contributed by atoms with E-state index < -0.39 is 0 Å². The van der Waals surface area contributed by atoms with Gasteiger partial charge in [-0.25, -0.2) is 0 Å². The van der Waals surface area contributed by atoms with Gasteiger partial charge in [-0.2, -0.15) is 0 Å². The lowest BCUT2D eigenvalue weighted by atomic mass is 10.0. The van der Waals surface area contributed by atoms with Crippen molar-refractivity contribution in [2.45, 2.75) is 56.5 Å². The molecule has 1 saturated carbocycles. The quantitative estimate of drug-likeness (QED) is 0.671. The van der Waals surface area contributed by atoms with E-state index in [-0.39, 0.29) is 17.9 Å². The standard InChI is InChI=1S/C21H31N3O2S/c1-15(2)23-20(25)14-27-19-6-4-3-5-18(19)21(26)24-11-9-17(10-12-24)22-13-16-7-8-16/h3-6,15-17,22H,7-14H2,1-2H3,(H,23,25). The molecule has 2 N–H and O–H groups in total. The average molecular weight is 390 g/mol. The Bertz CT molecular complexity index is 653. The van der Waals surface area contributed by atoms with Gasteiger partial charge < -0.3 is 15.5 Å². The first-order valence-electron chi connectivity index (χ1n) is 10.1. The van der Waals surface area contributed by atoms with Crippen molar-refractivity contribution < 1.29 is 9.59 Å². The van der Waals surface area contributed by atoms with Crippen molar-refractivity contribution in [2.75, 3.05) is 25.4 Å². The van der Waals surface area contributed by atoms with Crippen molar-refractivity contribution in [3.05, 3.63) is 29.8 Å². The van der Waals surface area contributed by atoms with E-state index in [4.69, 9.17) is 0 Å². The molecule has 2 aliphatic rings. The Morgan fingerprint density at radius 1 is 1.15 bits per heavy atom. The van der Waals surface area contributed by atoms with E-state index >= 15 is 0 Å². The number of likely N-dealkylation sites (tertiary alicyclic amines) is 1. The van der Waals surface area contributed by atoms with Crippen LogP contribution in [-0.2, 0) is 4.79 Å². The first kappa shape index (κ1) is 20.2. The molecule has 2 fully saturated rings. The van der Waals surface area contributed by atoms with Crippen LogP contribution >= 0.6 is 11.8 Å². The Morgan fingerprint density at radius 2 is 1.85 bits per heavy atom. The van der Waals surface area contributed by atoms with Crippen molar-refractivity contribution in [3.8, 4) is 0 Å². The van der Waals surface area contributed by atoms with Crippen LogP contribution in [0, 0.1) is 5.92 Å². The molecule has 1 saturated heterocycles. The van der Waals surface area contributed by atoms with E-state index in [1.54, 1.807) is 0 Å². The van der Waals surface area contributed by atoms with Gasteiger partial charge in [0.25, 0.3) is 5.91 Å². The maximum Gasteiger partial charge on any atom is 0.254 e. The number of nitrogens with one attached hydrogen (secondary N) is 2. The minimum atomic E-state index is -0.000182. The van der Waals surface area contributed by atoms with Crippen LogP contribution < -0.4 is 10.6 Å². The van der Waals surface area contributed by atoms with Crippen LogP contribution in [0.2, 0.25) is 0 Å². The van der Waals surface area contributed by atoms with Gasteiger partial charge in [-0.1, -0.05) is 12.1 Å². The van der Waals surface area contributed by atoms with E-state index in [0.29, 0.717) is 17.4 Å². The monoisotopic (exact) mass is 389 g/mol. The molecule has 148 valence electrons. The molecule has 6 heteroatoms. The third kappa shape index (κ3) is 6.25. The number of hydrogen-bond donors (Lipinski definition) is 2. The fourth-order valence-electron chi connectivity index (χ4n) is 3.39. The van der Waals surface area contributed by atoms with Crippen molar-refractivity contribution in [1.82, 2.24) is 15.5 Å². The molecule has 0 aromatic heterocycles. The van der Waals surface area contributed by atoms with Crippen LogP contribution in [0.5, 0.6) is 0 Å². The Hall–Kier alpha value is -1.53. The van der Waals surface area contributed by atoms with Crippen LogP contribution in [0.15, 0.2) is 29.2 Å². The summed E-state index contributed by atoms with van der Waals surface area (Å²) in [6.07, 6.45) is 4.77. The second kappa shape index (κ2) is 9.60. The zero-order valence-corrected chi connectivity index (χ0v) is 17.2. The van der Waals surface area contributed by atoms with Gasteiger partial charge in [0.15, 0.2) is 0 Å². The van der Waals surface area contributed by atoms with Crippen LogP contribution in [0.4, 0.5) is 0 Å². The summed E-state index contributed by atoms with van der Waals surface area (Å²) in [5.41, 5.74) is 0.712. The van der Waals surface area contributed by atoms with Gasteiger partial charge in [-0.3, -0.25) is 9.59 Å². The van der Waals surface area contributed by atoms with E-state index in [1.165, 1.54) is 24.6 Å². The number of thioether (sulfide) groups is 1. The third-order valence-electron chi connectivity index (χ3n) is 5.10. The van der Waals surface area contributed by atoms with E-state index in [2.05, 4.69) is 10.6 Å². The Labute approximate surface area is 166 Å². The number of carbonyl (C=O) groups is 2. The highest BCUT2D eigenvalue weighted by Crippen LogP contribution is 2.28. The number of piperidine rings is 1. The molecule has 0 bridgehead atoms. The average Bonchev–Trinajstić information content (AvgIpc) is 3.49. The molecular formula is C21H31N3O2S. The number of hydrogen-bond acceptors (Lipinski definition) is 4. The summed E-state index contributed by atoms with van der Waals surface area (Å²) in [5, 5.41) is 6.55. The highest BCUT2D eigenvalue weighted by molar-refractivity contribution is 8.00. The Morgan fingerprint density at radius 3 is 2.52 bits per heavy atom. The topological polar surface area (TPSA) is 61.4 Å². The van der Waals surface area contributed by atoms with Crippen molar-refractivity contribution >= 4 is 23.6 Å². The fourth-order valence-corrected chi connectivity index (χ4v) is 4.24. The minimum Gasteiger partial charge on any atom is -0.353 e. The van der Waals surface area contributed by atoms with Gasteiger partial charge in [-0.05, 0) is 64.1 Å². The first-order valence-corrected chi connectivity index (χ1v) is 11.1. The molecule has 0 unspecified atom stereocenters. The molecule has 1 aromatic carbocycles. The molecule has 1 aromatic rings. The Balaban J connectivity index is 1.52. The normalized spacial score (nSPS) is 18.0. The fraction of sp³-hybridized carbons (Fsp3) is 0.619. The number of rotatable bonds is 8. The minimum absolute atomic E-state index is 0.000182. The lowest BCUT2D eigenvalue weighted by Gasteiger charge is -2.33. The number of amides is 2. The molecule has 1 heterocycles. The SMILES string of the molecule is CC(C)NC(=O)CSc1ccccc1C(=O)N1CCC(NCC2CC2)CC1. The van der Waals surface area contributed by atoms with Crippen molar-refractivity contribution in [1.29, 1.82) is 0 Å². The zero-order valence-electron chi connectivity index (χ0n) is 16.4. The summed E-state index contributed by atoms with van der Waals surface area (Å²) >= 11 is 1.44. The van der Waals surface area contributed by atoms with Crippen LogP contribution in [0.1, 0.15) is 49.9 Å². The summed E-state index contributed by atoms with van der Waals surface area (Å²) in [7, 11) is 0.